The second-order valence-electron chi connectivity index (χ2n) is 6.06. The second kappa shape index (κ2) is 5.70. The van der Waals surface area contributed by atoms with E-state index in [-0.39, 0.29) is 0 Å². The van der Waals surface area contributed by atoms with E-state index in [2.05, 4.69) is 21.0 Å². The van der Waals surface area contributed by atoms with E-state index in [0.717, 1.165) is 43.0 Å². The van der Waals surface area contributed by atoms with Gasteiger partial charge in [-0.3, -0.25) is 10.9 Å². The molecule has 1 aromatic carbocycles. The summed E-state index contributed by atoms with van der Waals surface area (Å²) in [6.07, 6.45) is 3.33. The molecule has 22 heavy (non-hydrogen) atoms. The van der Waals surface area contributed by atoms with Gasteiger partial charge in [-0.1, -0.05) is 17.3 Å². The van der Waals surface area contributed by atoms with Crippen LogP contribution in [0.5, 0.6) is 5.75 Å². The van der Waals surface area contributed by atoms with Crippen molar-refractivity contribution in [3.05, 3.63) is 30.2 Å². The highest BCUT2D eigenvalue weighted by molar-refractivity contribution is 5.63. The zero-order valence-electron chi connectivity index (χ0n) is 12.6. The van der Waals surface area contributed by atoms with Gasteiger partial charge in [0, 0.05) is 18.5 Å². The highest BCUT2D eigenvalue weighted by Crippen LogP contribution is 2.37. The number of hydrogen-bond acceptors (Lipinski definition) is 6. The molecular weight excluding hydrogens is 280 g/mol. The molecule has 0 spiro atoms. The molecule has 0 amide bonds. The molecule has 1 aromatic heterocycles. The van der Waals surface area contributed by atoms with Gasteiger partial charge in [-0.15, -0.1) is 0 Å². The van der Waals surface area contributed by atoms with Crippen molar-refractivity contribution in [2.45, 2.75) is 31.2 Å². The zero-order valence-corrected chi connectivity index (χ0v) is 12.6. The predicted octanol–water partition coefficient (Wildman–Crippen LogP) is 2.11. The fourth-order valence-corrected chi connectivity index (χ4v) is 3.56. The van der Waals surface area contributed by atoms with Crippen LogP contribution in [0.25, 0.3) is 11.4 Å². The summed E-state index contributed by atoms with van der Waals surface area (Å²) in [7, 11) is 1.65. The number of hydrogen-bond donors (Lipinski definition) is 2. The van der Waals surface area contributed by atoms with Gasteiger partial charge in [-0.2, -0.15) is 4.98 Å². The molecule has 2 aromatic rings. The first-order chi connectivity index (χ1) is 10.8. The lowest BCUT2D eigenvalue weighted by Crippen LogP contribution is -2.34. The molecule has 1 aliphatic heterocycles. The number of fused-ring (bicyclic) bond motifs is 1. The van der Waals surface area contributed by atoms with Crippen LogP contribution < -0.4 is 15.6 Å². The average molecular weight is 300 g/mol. The standard InChI is InChI=1S/C16H20N4O2/c1-21-14-5-3-2-4-12(14)15-18-16(22-20-15)10-6-7-13-11(8-10)9-17-19-13/h2-5,10-11,13,17,19H,6-9H2,1H3. The predicted molar refractivity (Wildman–Crippen MR) is 81.3 cm³/mol. The first kappa shape index (κ1) is 13.7. The summed E-state index contributed by atoms with van der Waals surface area (Å²) in [6, 6.07) is 8.34. The van der Waals surface area contributed by atoms with Crippen molar-refractivity contribution < 1.29 is 9.26 Å². The number of methoxy groups -OCH3 is 1. The topological polar surface area (TPSA) is 72.2 Å². The molecule has 2 heterocycles. The molecule has 1 aliphatic carbocycles. The van der Waals surface area contributed by atoms with Crippen molar-refractivity contribution in [1.29, 1.82) is 0 Å². The van der Waals surface area contributed by atoms with Crippen molar-refractivity contribution in [2.24, 2.45) is 5.92 Å². The summed E-state index contributed by atoms with van der Waals surface area (Å²) in [6.45, 7) is 1.02. The maximum absolute atomic E-state index is 5.55. The summed E-state index contributed by atoms with van der Waals surface area (Å²) in [5.74, 6) is 3.14. The van der Waals surface area contributed by atoms with Crippen LogP contribution in [0.2, 0.25) is 0 Å². The van der Waals surface area contributed by atoms with E-state index in [1.165, 1.54) is 0 Å². The van der Waals surface area contributed by atoms with Crippen molar-refractivity contribution in [3.8, 4) is 17.1 Å². The normalized spacial score (nSPS) is 27.6. The molecule has 116 valence electrons. The lowest BCUT2D eigenvalue weighted by atomic mass is 9.79. The molecule has 6 nitrogen and oxygen atoms in total. The maximum Gasteiger partial charge on any atom is 0.230 e. The number of rotatable bonds is 3. The van der Waals surface area contributed by atoms with Crippen LogP contribution in [-0.2, 0) is 0 Å². The van der Waals surface area contributed by atoms with E-state index < -0.39 is 0 Å². The molecule has 0 bridgehead atoms. The van der Waals surface area contributed by atoms with Gasteiger partial charge in [0.1, 0.15) is 5.75 Å². The Morgan fingerprint density at radius 3 is 3.09 bits per heavy atom. The minimum absolute atomic E-state index is 0.360. The summed E-state index contributed by atoms with van der Waals surface area (Å²) < 4.78 is 10.9. The fraction of sp³-hybridized carbons (Fsp3) is 0.500. The lowest BCUT2D eigenvalue weighted by Gasteiger charge is -2.28. The smallest absolute Gasteiger partial charge is 0.230 e. The Balaban J connectivity index is 1.56. The number of aromatic nitrogens is 2. The zero-order chi connectivity index (χ0) is 14.9. The van der Waals surface area contributed by atoms with Crippen LogP contribution in [-0.4, -0.2) is 29.8 Å². The monoisotopic (exact) mass is 300 g/mol. The largest absolute Gasteiger partial charge is 0.496 e. The number of nitrogens with one attached hydrogen (secondary N) is 2. The lowest BCUT2D eigenvalue weighted by molar-refractivity contribution is 0.255. The third kappa shape index (κ3) is 2.38. The summed E-state index contributed by atoms with van der Waals surface area (Å²) >= 11 is 0. The molecule has 2 N–H and O–H groups in total. The minimum atomic E-state index is 0.360. The van der Waals surface area contributed by atoms with Gasteiger partial charge in [0.25, 0.3) is 0 Å². The SMILES string of the molecule is COc1ccccc1-c1noc(C2CCC3NNCC3C2)n1. The number of ether oxygens (including phenoxy) is 1. The van der Waals surface area contributed by atoms with E-state index in [9.17, 15) is 0 Å². The second-order valence-corrected chi connectivity index (χ2v) is 6.06. The van der Waals surface area contributed by atoms with Crippen molar-refractivity contribution in [2.75, 3.05) is 13.7 Å². The van der Waals surface area contributed by atoms with E-state index in [4.69, 9.17) is 9.26 Å². The molecule has 1 saturated heterocycles. The molecule has 2 aliphatic rings. The minimum Gasteiger partial charge on any atom is -0.496 e. The van der Waals surface area contributed by atoms with Crippen LogP contribution in [0.3, 0.4) is 0 Å². The van der Waals surface area contributed by atoms with E-state index >= 15 is 0 Å². The number of hydrazine groups is 1. The maximum atomic E-state index is 5.55. The molecular formula is C16H20N4O2. The van der Waals surface area contributed by atoms with Gasteiger partial charge in [-0.25, -0.2) is 0 Å². The van der Waals surface area contributed by atoms with Gasteiger partial charge in [0.2, 0.25) is 11.7 Å². The highest BCUT2D eigenvalue weighted by atomic mass is 16.5. The number of benzene rings is 1. The first-order valence-corrected chi connectivity index (χ1v) is 7.80. The van der Waals surface area contributed by atoms with Gasteiger partial charge in [0.15, 0.2) is 0 Å². The summed E-state index contributed by atoms with van der Waals surface area (Å²) in [5.41, 5.74) is 7.47. The van der Waals surface area contributed by atoms with Crippen LogP contribution >= 0.6 is 0 Å². The number of para-hydroxylation sites is 1. The summed E-state index contributed by atoms with van der Waals surface area (Å²) in [4.78, 5) is 4.63. The third-order valence-corrected chi connectivity index (χ3v) is 4.77. The average Bonchev–Trinajstić information content (AvgIpc) is 3.23. The Labute approximate surface area is 129 Å². The molecule has 0 radical (unpaired) electrons. The van der Waals surface area contributed by atoms with Crippen molar-refractivity contribution in [1.82, 2.24) is 21.0 Å². The van der Waals surface area contributed by atoms with Crippen LogP contribution in [0, 0.1) is 5.92 Å². The highest BCUT2D eigenvalue weighted by Gasteiger charge is 2.36. The van der Waals surface area contributed by atoms with Crippen LogP contribution in [0.1, 0.15) is 31.1 Å². The Kier molecular flexibility index (Phi) is 3.56. The van der Waals surface area contributed by atoms with Gasteiger partial charge >= 0.3 is 0 Å². The molecule has 4 rings (SSSR count). The van der Waals surface area contributed by atoms with Crippen molar-refractivity contribution >= 4 is 0 Å². The number of nitrogens with zero attached hydrogens (tertiary/aromatic N) is 2. The van der Waals surface area contributed by atoms with E-state index in [1.807, 2.05) is 24.3 Å². The Hall–Kier alpha value is -1.92. The Morgan fingerprint density at radius 2 is 2.18 bits per heavy atom. The van der Waals surface area contributed by atoms with Gasteiger partial charge < -0.3 is 9.26 Å². The van der Waals surface area contributed by atoms with E-state index in [0.29, 0.717) is 23.7 Å². The molecule has 6 heteroatoms. The Bertz CT molecular complexity index is 657. The summed E-state index contributed by atoms with van der Waals surface area (Å²) in [5, 5.41) is 4.16. The van der Waals surface area contributed by atoms with Gasteiger partial charge in [0.05, 0.1) is 12.7 Å². The van der Waals surface area contributed by atoms with Gasteiger partial charge in [-0.05, 0) is 37.3 Å². The third-order valence-electron chi connectivity index (χ3n) is 4.77. The molecule has 1 saturated carbocycles. The van der Waals surface area contributed by atoms with Crippen LogP contribution in [0.4, 0.5) is 0 Å². The molecule has 3 atom stereocenters. The first-order valence-electron chi connectivity index (χ1n) is 7.80. The molecule has 2 fully saturated rings. The quantitative estimate of drug-likeness (QED) is 0.904. The van der Waals surface area contributed by atoms with E-state index in [1.54, 1.807) is 7.11 Å². The molecule has 3 unspecified atom stereocenters. The van der Waals surface area contributed by atoms with Crippen LogP contribution in [0.15, 0.2) is 28.8 Å². The Morgan fingerprint density at radius 1 is 1.27 bits per heavy atom. The fourth-order valence-electron chi connectivity index (χ4n) is 3.56. The van der Waals surface area contributed by atoms with Crippen molar-refractivity contribution in [3.63, 3.8) is 0 Å².